The monoisotopic (exact) mass is 714 g/mol. The predicted octanol–water partition coefficient (Wildman–Crippen LogP) is 8.84. The van der Waals surface area contributed by atoms with Gasteiger partial charge in [0.25, 0.3) is 11.8 Å². The Balaban J connectivity index is 1.17. The molecule has 0 aliphatic heterocycles. The SMILES string of the molecule is COc1ccc(/C=C(\NC(=O)c2ccccc2)C(=O)Nc2ccc(SC(C(=O)Nc3nc(-c4ccc(F)cc4)cs3)c3ccccc3)cc2)cc1. The van der Waals surface area contributed by atoms with Crippen LogP contribution in [0.2, 0.25) is 0 Å². The molecular formula is C40H31FN4O4S2. The molecule has 0 aliphatic rings. The third-order valence-corrected chi connectivity index (χ3v) is 9.56. The Bertz CT molecular complexity index is 2140. The predicted molar refractivity (Wildman–Crippen MR) is 201 cm³/mol. The van der Waals surface area contributed by atoms with Crippen molar-refractivity contribution in [3.05, 3.63) is 167 Å². The molecule has 5 aromatic carbocycles. The third-order valence-electron chi connectivity index (χ3n) is 7.54. The van der Waals surface area contributed by atoms with E-state index in [0.717, 1.165) is 16.0 Å². The summed E-state index contributed by atoms with van der Waals surface area (Å²) in [5.74, 6) is -0.867. The van der Waals surface area contributed by atoms with Crippen LogP contribution in [0.5, 0.6) is 5.75 Å². The van der Waals surface area contributed by atoms with Gasteiger partial charge in [-0.25, -0.2) is 9.37 Å². The van der Waals surface area contributed by atoms with Crippen molar-refractivity contribution in [3.8, 4) is 17.0 Å². The van der Waals surface area contributed by atoms with E-state index in [2.05, 4.69) is 20.9 Å². The van der Waals surface area contributed by atoms with Crippen LogP contribution < -0.4 is 20.7 Å². The van der Waals surface area contributed by atoms with Crippen LogP contribution >= 0.6 is 23.1 Å². The van der Waals surface area contributed by atoms with E-state index in [-0.39, 0.29) is 17.4 Å². The van der Waals surface area contributed by atoms with E-state index in [1.165, 1.54) is 35.2 Å². The molecule has 3 N–H and O–H groups in total. The number of carbonyl (C=O) groups is 3. The molecule has 0 saturated carbocycles. The number of amides is 3. The molecule has 1 unspecified atom stereocenters. The van der Waals surface area contributed by atoms with Crippen LogP contribution in [0.25, 0.3) is 17.3 Å². The topological polar surface area (TPSA) is 109 Å². The summed E-state index contributed by atoms with van der Waals surface area (Å²) in [7, 11) is 1.57. The zero-order chi connectivity index (χ0) is 35.6. The highest BCUT2D eigenvalue weighted by Gasteiger charge is 2.24. The maximum atomic E-state index is 13.7. The summed E-state index contributed by atoms with van der Waals surface area (Å²) in [6.07, 6.45) is 1.59. The molecule has 3 amide bonds. The van der Waals surface area contributed by atoms with Crippen molar-refractivity contribution in [1.82, 2.24) is 10.3 Å². The number of aromatic nitrogens is 1. The van der Waals surface area contributed by atoms with E-state index >= 15 is 0 Å². The number of ether oxygens (including phenoxy) is 1. The standard InChI is InChI=1S/C40H31FN4O4S2/c1-49-32-20-12-26(13-21-32)24-34(43-37(46)29-10-6-3-7-11-29)38(47)42-31-18-22-33(23-19-31)51-36(28-8-4-2-5-9-28)39(48)45-40-44-35(25-50-40)27-14-16-30(41)17-15-27/h2-25,36H,1H3,(H,42,47)(H,43,46)(H,44,45,48)/b34-24-. The van der Waals surface area contributed by atoms with Gasteiger partial charge in [-0.3, -0.25) is 14.4 Å². The first-order valence-electron chi connectivity index (χ1n) is 15.7. The second kappa shape index (κ2) is 16.6. The van der Waals surface area contributed by atoms with Gasteiger partial charge in [0.05, 0.1) is 12.8 Å². The van der Waals surface area contributed by atoms with Crippen molar-refractivity contribution >= 4 is 57.7 Å². The lowest BCUT2D eigenvalue weighted by Gasteiger charge is -2.17. The summed E-state index contributed by atoms with van der Waals surface area (Å²) in [6.45, 7) is 0. The Morgan fingerprint density at radius 2 is 1.47 bits per heavy atom. The highest BCUT2D eigenvalue weighted by molar-refractivity contribution is 8.00. The quantitative estimate of drug-likeness (QED) is 0.0864. The van der Waals surface area contributed by atoms with Gasteiger partial charge in [-0.15, -0.1) is 23.1 Å². The minimum atomic E-state index is -0.614. The molecule has 6 rings (SSSR count). The molecule has 254 valence electrons. The molecule has 0 bridgehead atoms. The smallest absolute Gasteiger partial charge is 0.272 e. The largest absolute Gasteiger partial charge is 0.497 e. The van der Waals surface area contributed by atoms with E-state index in [1.807, 2.05) is 53.9 Å². The lowest BCUT2D eigenvalue weighted by molar-refractivity contribution is -0.116. The highest BCUT2D eigenvalue weighted by Crippen LogP contribution is 2.37. The summed E-state index contributed by atoms with van der Waals surface area (Å²) in [5, 5.41) is 10.2. The van der Waals surface area contributed by atoms with E-state index < -0.39 is 17.1 Å². The van der Waals surface area contributed by atoms with E-state index in [1.54, 1.807) is 86.0 Å². The number of methoxy groups -OCH3 is 1. The summed E-state index contributed by atoms with van der Waals surface area (Å²) in [5.41, 5.74) is 3.84. The Kier molecular flexibility index (Phi) is 11.3. The number of carbonyl (C=O) groups excluding carboxylic acids is 3. The van der Waals surface area contributed by atoms with Crippen LogP contribution in [0.3, 0.4) is 0 Å². The molecule has 11 heteroatoms. The van der Waals surface area contributed by atoms with Gasteiger partial charge in [0.1, 0.15) is 22.5 Å². The first-order chi connectivity index (χ1) is 24.8. The first kappa shape index (κ1) is 34.8. The molecule has 0 fully saturated rings. The van der Waals surface area contributed by atoms with Gasteiger partial charge >= 0.3 is 0 Å². The molecule has 0 saturated heterocycles. The minimum absolute atomic E-state index is 0.0538. The average molecular weight is 715 g/mol. The van der Waals surface area contributed by atoms with Crippen molar-refractivity contribution in [3.63, 3.8) is 0 Å². The molecule has 8 nitrogen and oxygen atoms in total. The highest BCUT2D eigenvalue weighted by atomic mass is 32.2. The van der Waals surface area contributed by atoms with Crippen LogP contribution in [0.4, 0.5) is 15.2 Å². The summed E-state index contributed by atoms with van der Waals surface area (Å²) < 4.78 is 18.6. The van der Waals surface area contributed by atoms with Crippen LogP contribution in [0.1, 0.15) is 26.7 Å². The Morgan fingerprint density at radius 3 is 2.14 bits per heavy atom. The molecule has 0 aliphatic carbocycles. The molecule has 51 heavy (non-hydrogen) atoms. The Labute approximate surface area is 302 Å². The van der Waals surface area contributed by atoms with Crippen LogP contribution in [0.15, 0.2) is 149 Å². The molecule has 1 atom stereocenters. The zero-order valence-electron chi connectivity index (χ0n) is 27.2. The number of nitrogens with zero attached hydrogens (tertiary/aromatic N) is 1. The van der Waals surface area contributed by atoms with Crippen LogP contribution in [-0.4, -0.2) is 29.8 Å². The average Bonchev–Trinajstić information content (AvgIpc) is 3.63. The number of benzene rings is 5. The van der Waals surface area contributed by atoms with E-state index in [9.17, 15) is 18.8 Å². The van der Waals surface area contributed by atoms with Gasteiger partial charge < -0.3 is 20.7 Å². The van der Waals surface area contributed by atoms with Gasteiger partial charge in [0.15, 0.2) is 5.13 Å². The number of thiazole rings is 1. The van der Waals surface area contributed by atoms with Gasteiger partial charge in [-0.2, -0.15) is 0 Å². The molecule has 0 spiro atoms. The summed E-state index contributed by atoms with van der Waals surface area (Å²) in [6, 6.07) is 38.3. The normalized spacial score (nSPS) is 11.7. The Hall–Kier alpha value is -6.04. The van der Waals surface area contributed by atoms with Crippen LogP contribution in [-0.2, 0) is 9.59 Å². The van der Waals surface area contributed by atoms with Crippen molar-refractivity contribution in [2.45, 2.75) is 10.1 Å². The van der Waals surface area contributed by atoms with Crippen molar-refractivity contribution in [2.24, 2.45) is 0 Å². The van der Waals surface area contributed by atoms with Crippen molar-refractivity contribution in [1.29, 1.82) is 0 Å². The number of halogens is 1. The number of anilines is 2. The molecule has 1 aromatic heterocycles. The van der Waals surface area contributed by atoms with E-state index in [0.29, 0.717) is 33.4 Å². The van der Waals surface area contributed by atoms with Gasteiger partial charge in [-0.05, 0) is 90.0 Å². The summed E-state index contributed by atoms with van der Waals surface area (Å²) in [4.78, 5) is 45.5. The maximum Gasteiger partial charge on any atom is 0.272 e. The van der Waals surface area contributed by atoms with Gasteiger partial charge in [0.2, 0.25) is 5.91 Å². The minimum Gasteiger partial charge on any atom is -0.497 e. The van der Waals surface area contributed by atoms with Gasteiger partial charge in [-0.1, -0.05) is 60.7 Å². The molecular weight excluding hydrogens is 684 g/mol. The number of hydrogen-bond acceptors (Lipinski definition) is 7. The zero-order valence-corrected chi connectivity index (χ0v) is 28.8. The molecule has 6 aromatic rings. The van der Waals surface area contributed by atoms with Gasteiger partial charge in [0, 0.05) is 27.1 Å². The molecule has 0 radical (unpaired) electrons. The maximum absolute atomic E-state index is 13.7. The fourth-order valence-electron chi connectivity index (χ4n) is 4.92. The van der Waals surface area contributed by atoms with Crippen molar-refractivity contribution < 1.29 is 23.5 Å². The lowest BCUT2D eigenvalue weighted by atomic mass is 10.1. The lowest BCUT2D eigenvalue weighted by Crippen LogP contribution is -2.30. The second-order valence-electron chi connectivity index (χ2n) is 11.1. The number of rotatable bonds is 12. The Morgan fingerprint density at radius 1 is 0.804 bits per heavy atom. The first-order valence-corrected chi connectivity index (χ1v) is 17.5. The second-order valence-corrected chi connectivity index (χ2v) is 13.1. The molecule has 1 heterocycles. The van der Waals surface area contributed by atoms with E-state index in [4.69, 9.17) is 4.74 Å². The number of thioether (sulfide) groups is 1. The number of hydrogen-bond donors (Lipinski definition) is 3. The number of nitrogens with one attached hydrogen (secondary N) is 3. The fourth-order valence-corrected chi connectivity index (χ4v) is 6.66. The van der Waals surface area contributed by atoms with Crippen LogP contribution in [0, 0.1) is 5.82 Å². The van der Waals surface area contributed by atoms with Crippen molar-refractivity contribution in [2.75, 3.05) is 17.7 Å². The summed E-state index contributed by atoms with van der Waals surface area (Å²) >= 11 is 2.64. The fraction of sp³-hybridized carbons (Fsp3) is 0.0500. The third kappa shape index (κ3) is 9.35.